The summed E-state index contributed by atoms with van der Waals surface area (Å²) in [6, 6.07) is 8.74. The molecule has 1 aromatic carbocycles. The average Bonchev–Trinajstić information content (AvgIpc) is 2.53. The van der Waals surface area contributed by atoms with E-state index in [-0.39, 0.29) is 31.6 Å². The first-order valence-electron chi connectivity index (χ1n) is 7.67. The SMILES string of the molecule is CC(C)[C@H](C(=O)N(C)CCO)N(C)C(=O)OCc1ccccc1. The van der Waals surface area contributed by atoms with Crippen LogP contribution in [0.5, 0.6) is 0 Å². The fourth-order valence-electron chi connectivity index (χ4n) is 2.32. The van der Waals surface area contributed by atoms with Crippen LogP contribution in [0.4, 0.5) is 4.79 Å². The second kappa shape index (κ2) is 9.15. The number of aliphatic hydroxyl groups is 1. The van der Waals surface area contributed by atoms with E-state index in [1.165, 1.54) is 9.80 Å². The van der Waals surface area contributed by atoms with Crippen LogP contribution in [0, 0.1) is 5.92 Å². The molecule has 0 spiro atoms. The summed E-state index contributed by atoms with van der Waals surface area (Å²) in [6.07, 6.45) is -0.543. The van der Waals surface area contributed by atoms with Gasteiger partial charge in [0.15, 0.2) is 0 Å². The standard InChI is InChI=1S/C17H26N2O4/c1-13(2)15(16(21)18(3)10-11-20)19(4)17(22)23-12-14-8-6-5-7-9-14/h5-9,13,15,20H,10-12H2,1-4H3/t15-/m1/s1. The fraction of sp³-hybridized carbons (Fsp3) is 0.529. The van der Waals surface area contributed by atoms with Crippen LogP contribution in [0.15, 0.2) is 30.3 Å². The molecule has 1 rings (SSSR count). The highest BCUT2D eigenvalue weighted by Gasteiger charge is 2.32. The Bertz CT molecular complexity index is 505. The summed E-state index contributed by atoms with van der Waals surface area (Å²) in [7, 11) is 3.17. The predicted molar refractivity (Wildman–Crippen MR) is 87.7 cm³/mol. The largest absolute Gasteiger partial charge is 0.445 e. The van der Waals surface area contributed by atoms with Crippen LogP contribution in [0.25, 0.3) is 0 Å². The molecular weight excluding hydrogens is 296 g/mol. The van der Waals surface area contributed by atoms with Crippen molar-refractivity contribution in [3.8, 4) is 0 Å². The molecule has 0 fully saturated rings. The molecule has 0 saturated heterocycles. The molecular formula is C17H26N2O4. The van der Waals surface area contributed by atoms with E-state index in [0.717, 1.165) is 5.56 Å². The number of hydrogen-bond acceptors (Lipinski definition) is 4. The van der Waals surface area contributed by atoms with Crippen LogP contribution in [0.2, 0.25) is 0 Å². The average molecular weight is 322 g/mol. The number of ether oxygens (including phenoxy) is 1. The van der Waals surface area contributed by atoms with Crippen molar-refractivity contribution in [2.75, 3.05) is 27.2 Å². The topological polar surface area (TPSA) is 70.1 Å². The minimum Gasteiger partial charge on any atom is -0.445 e. The first-order valence-corrected chi connectivity index (χ1v) is 7.67. The Kier molecular flexibility index (Phi) is 7.54. The monoisotopic (exact) mass is 322 g/mol. The van der Waals surface area contributed by atoms with Gasteiger partial charge in [0.1, 0.15) is 12.6 Å². The van der Waals surface area contributed by atoms with E-state index in [1.807, 2.05) is 44.2 Å². The summed E-state index contributed by atoms with van der Waals surface area (Å²) in [5.41, 5.74) is 0.888. The van der Waals surface area contributed by atoms with Gasteiger partial charge in [0.2, 0.25) is 5.91 Å². The molecule has 1 aromatic rings. The lowest BCUT2D eigenvalue weighted by molar-refractivity contribution is -0.136. The number of likely N-dealkylation sites (N-methyl/N-ethyl adjacent to an activating group) is 2. The first kappa shape index (κ1) is 19.0. The van der Waals surface area contributed by atoms with Gasteiger partial charge >= 0.3 is 6.09 Å². The van der Waals surface area contributed by atoms with E-state index in [0.29, 0.717) is 0 Å². The molecule has 0 aliphatic heterocycles. The molecule has 2 amide bonds. The molecule has 128 valence electrons. The van der Waals surface area contributed by atoms with Crippen LogP contribution < -0.4 is 0 Å². The maximum absolute atomic E-state index is 12.5. The van der Waals surface area contributed by atoms with Gasteiger partial charge in [-0.05, 0) is 11.5 Å². The van der Waals surface area contributed by atoms with E-state index in [4.69, 9.17) is 9.84 Å². The van der Waals surface area contributed by atoms with Crippen molar-refractivity contribution in [2.45, 2.75) is 26.5 Å². The lowest BCUT2D eigenvalue weighted by Crippen LogP contribution is -2.51. The van der Waals surface area contributed by atoms with Crippen LogP contribution in [0.1, 0.15) is 19.4 Å². The van der Waals surface area contributed by atoms with Crippen molar-refractivity contribution >= 4 is 12.0 Å². The number of nitrogens with zero attached hydrogens (tertiary/aromatic N) is 2. The first-order chi connectivity index (χ1) is 10.9. The van der Waals surface area contributed by atoms with Gasteiger partial charge in [-0.1, -0.05) is 44.2 Å². The minimum absolute atomic E-state index is 0.0714. The smallest absolute Gasteiger partial charge is 0.410 e. The number of aliphatic hydroxyl groups excluding tert-OH is 1. The Balaban J connectivity index is 2.70. The van der Waals surface area contributed by atoms with Crippen molar-refractivity contribution in [2.24, 2.45) is 5.92 Å². The quantitative estimate of drug-likeness (QED) is 0.830. The Morgan fingerprint density at radius 1 is 1.17 bits per heavy atom. The Morgan fingerprint density at radius 3 is 2.30 bits per heavy atom. The zero-order chi connectivity index (χ0) is 17.4. The van der Waals surface area contributed by atoms with E-state index in [1.54, 1.807) is 14.1 Å². The van der Waals surface area contributed by atoms with Crippen molar-refractivity contribution < 1.29 is 19.4 Å². The van der Waals surface area contributed by atoms with E-state index >= 15 is 0 Å². The van der Waals surface area contributed by atoms with Crippen molar-refractivity contribution in [1.29, 1.82) is 0 Å². The Labute approximate surface area is 137 Å². The Hall–Kier alpha value is -2.08. The van der Waals surface area contributed by atoms with Gasteiger partial charge in [0.25, 0.3) is 0 Å². The van der Waals surface area contributed by atoms with Crippen molar-refractivity contribution in [1.82, 2.24) is 9.80 Å². The van der Waals surface area contributed by atoms with Crippen LogP contribution in [-0.4, -0.2) is 60.2 Å². The molecule has 0 radical (unpaired) electrons. The molecule has 1 N–H and O–H groups in total. The van der Waals surface area contributed by atoms with Crippen LogP contribution >= 0.6 is 0 Å². The van der Waals surface area contributed by atoms with Gasteiger partial charge in [-0.2, -0.15) is 0 Å². The summed E-state index contributed by atoms with van der Waals surface area (Å²) >= 11 is 0. The maximum Gasteiger partial charge on any atom is 0.410 e. The van der Waals surface area contributed by atoms with Crippen molar-refractivity contribution in [3.63, 3.8) is 0 Å². The lowest BCUT2D eigenvalue weighted by Gasteiger charge is -2.32. The third-order valence-corrected chi connectivity index (χ3v) is 3.61. The second-order valence-electron chi connectivity index (χ2n) is 5.82. The molecule has 0 aliphatic rings. The van der Waals surface area contributed by atoms with Gasteiger partial charge < -0.3 is 14.7 Å². The fourth-order valence-corrected chi connectivity index (χ4v) is 2.32. The van der Waals surface area contributed by atoms with Crippen LogP contribution in [-0.2, 0) is 16.1 Å². The predicted octanol–water partition coefficient (Wildman–Crippen LogP) is 1.73. The zero-order valence-electron chi connectivity index (χ0n) is 14.2. The van der Waals surface area contributed by atoms with Gasteiger partial charge in [0, 0.05) is 20.6 Å². The summed E-state index contributed by atoms with van der Waals surface area (Å²) in [6.45, 7) is 4.02. The molecule has 0 saturated carbocycles. The lowest BCUT2D eigenvalue weighted by atomic mass is 10.0. The van der Waals surface area contributed by atoms with Gasteiger partial charge in [-0.3, -0.25) is 9.69 Å². The number of rotatable bonds is 7. The number of amides is 2. The highest BCUT2D eigenvalue weighted by Crippen LogP contribution is 2.14. The van der Waals surface area contributed by atoms with Gasteiger partial charge in [-0.15, -0.1) is 0 Å². The molecule has 0 aliphatic carbocycles. The zero-order valence-corrected chi connectivity index (χ0v) is 14.2. The number of hydrogen-bond donors (Lipinski definition) is 1. The van der Waals surface area contributed by atoms with Gasteiger partial charge in [0.05, 0.1) is 6.61 Å². The molecule has 0 unspecified atom stereocenters. The van der Waals surface area contributed by atoms with Crippen molar-refractivity contribution in [3.05, 3.63) is 35.9 Å². The Morgan fingerprint density at radius 2 is 1.78 bits per heavy atom. The molecule has 0 bridgehead atoms. The number of carbonyl (C=O) groups excluding carboxylic acids is 2. The highest BCUT2D eigenvalue weighted by molar-refractivity contribution is 5.85. The molecule has 6 heteroatoms. The molecule has 23 heavy (non-hydrogen) atoms. The highest BCUT2D eigenvalue weighted by atomic mass is 16.6. The summed E-state index contributed by atoms with van der Waals surface area (Å²) in [5.74, 6) is -0.286. The third kappa shape index (κ3) is 5.56. The van der Waals surface area contributed by atoms with E-state index < -0.39 is 12.1 Å². The van der Waals surface area contributed by atoms with E-state index in [2.05, 4.69) is 0 Å². The molecule has 6 nitrogen and oxygen atoms in total. The maximum atomic E-state index is 12.5. The third-order valence-electron chi connectivity index (χ3n) is 3.61. The second-order valence-corrected chi connectivity index (χ2v) is 5.82. The van der Waals surface area contributed by atoms with Crippen LogP contribution in [0.3, 0.4) is 0 Å². The molecule has 0 aromatic heterocycles. The molecule has 1 atom stereocenters. The minimum atomic E-state index is -0.630. The summed E-state index contributed by atoms with van der Waals surface area (Å²) in [5, 5.41) is 8.96. The number of carbonyl (C=O) groups is 2. The molecule has 0 heterocycles. The van der Waals surface area contributed by atoms with Gasteiger partial charge in [-0.25, -0.2) is 4.79 Å². The van der Waals surface area contributed by atoms with E-state index in [9.17, 15) is 9.59 Å². The number of benzene rings is 1. The summed E-state index contributed by atoms with van der Waals surface area (Å²) < 4.78 is 5.28. The normalized spacial score (nSPS) is 11.9. The summed E-state index contributed by atoms with van der Waals surface area (Å²) in [4.78, 5) is 27.4.